The van der Waals surface area contributed by atoms with E-state index in [9.17, 15) is 18.0 Å². The summed E-state index contributed by atoms with van der Waals surface area (Å²) in [4.78, 5) is 15.5. The minimum Gasteiger partial charge on any atom is -0.383 e. The van der Waals surface area contributed by atoms with Crippen molar-refractivity contribution in [2.24, 2.45) is 0 Å². The van der Waals surface area contributed by atoms with Crippen molar-refractivity contribution in [3.05, 3.63) is 46.8 Å². The van der Waals surface area contributed by atoms with Gasteiger partial charge in [-0.2, -0.15) is 18.0 Å². The molecule has 1 aliphatic heterocycles. The first-order valence-electron chi connectivity index (χ1n) is 9.20. The van der Waals surface area contributed by atoms with Gasteiger partial charge in [0.05, 0.1) is 24.8 Å². The summed E-state index contributed by atoms with van der Waals surface area (Å²) in [6.07, 6.45) is 0.220. The van der Waals surface area contributed by atoms with E-state index < -0.39 is 11.7 Å². The van der Waals surface area contributed by atoms with Gasteiger partial charge in [-0.3, -0.25) is 4.79 Å². The highest BCUT2D eigenvalue weighted by Gasteiger charge is 2.31. The number of hydrogen-bond donors (Lipinski definition) is 0. The normalized spacial score (nSPS) is 17.4. The zero-order valence-electron chi connectivity index (χ0n) is 16.2. The molecule has 1 saturated heterocycles. The zero-order chi connectivity index (χ0) is 21.0. The predicted molar refractivity (Wildman–Crippen MR) is 98.7 cm³/mol. The molecule has 1 aliphatic rings. The molecule has 0 aliphatic carbocycles. The summed E-state index contributed by atoms with van der Waals surface area (Å²) in [5.74, 6) is 0.229. The lowest BCUT2D eigenvalue weighted by Gasteiger charge is -2.22. The molecule has 0 bridgehead atoms. The van der Waals surface area contributed by atoms with Gasteiger partial charge in [-0.05, 0) is 54.3 Å². The fourth-order valence-corrected chi connectivity index (χ4v) is 3.37. The van der Waals surface area contributed by atoms with Crippen molar-refractivity contribution in [3.8, 4) is 0 Å². The van der Waals surface area contributed by atoms with Crippen molar-refractivity contribution in [2.45, 2.75) is 38.5 Å². The lowest BCUT2D eigenvalue weighted by molar-refractivity contribution is -0.137. The summed E-state index contributed by atoms with van der Waals surface area (Å²) in [6.45, 7) is 2.75. The summed E-state index contributed by atoms with van der Waals surface area (Å²) in [5, 5.41) is 11.6. The number of rotatable bonds is 6. The molecule has 2 heterocycles. The third-order valence-electron chi connectivity index (χ3n) is 4.76. The smallest absolute Gasteiger partial charge is 0.383 e. The number of methoxy groups -OCH3 is 1. The summed E-state index contributed by atoms with van der Waals surface area (Å²) >= 11 is 0. The summed E-state index contributed by atoms with van der Waals surface area (Å²) in [6, 6.07) is 3.41. The number of likely N-dealkylation sites (tertiary alicyclic amines) is 1. The quantitative estimate of drug-likeness (QED) is 0.686. The van der Waals surface area contributed by atoms with Crippen LogP contribution in [0.5, 0.6) is 0 Å². The number of carbonyl (C=O) groups is 1. The highest BCUT2D eigenvalue weighted by Crippen LogP contribution is 2.31. The lowest BCUT2D eigenvalue weighted by atomic mass is 10.0. The van der Waals surface area contributed by atoms with Gasteiger partial charge in [0, 0.05) is 19.7 Å². The molecular formula is C19H22F3N5O2. The average Bonchev–Trinajstić information content (AvgIpc) is 3.29. The largest absolute Gasteiger partial charge is 0.416 e. The van der Waals surface area contributed by atoms with Crippen LogP contribution in [0.2, 0.25) is 0 Å². The van der Waals surface area contributed by atoms with Crippen LogP contribution in [0.4, 0.5) is 13.2 Å². The third kappa shape index (κ3) is 5.20. The maximum absolute atomic E-state index is 13.1. The van der Waals surface area contributed by atoms with Gasteiger partial charge >= 0.3 is 6.18 Å². The molecule has 0 unspecified atom stereocenters. The van der Waals surface area contributed by atoms with Crippen molar-refractivity contribution in [1.82, 2.24) is 25.1 Å². The highest BCUT2D eigenvalue weighted by molar-refractivity contribution is 5.92. The van der Waals surface area contributed by atoms with Crippen LogP contribution in [0.15, 0.2) is 24.3 Å². The van der Waals surface area contributed by atoms with Crippen LogP contribution in [-0.4, -0.2) is 57.3 Å². The molecule has 1 aromatic carbocycles. The molecule has 7 nitrogen and oxygen atoms in total. The Labute approximate surface area is 166 Å². The van der Waals surface area contributed by atoms with Crippen molar-refractivity contribution in [3.63, 3.8) is 0 Å². The predicted octanol–water partition coefficient (Wildman–Crippen LogP) is 2.70. The van der Waals surface area contributed by atoms with Crippen molar-refractivity contribution >= 4 is 12.0 Å². The van der Waals surface area contributed by atoms with E-state index in [-0.39, 0.29) is 18.5 Å². The molecule has 3 rings (SSSR count). The van der Waals surface area contributed by atoms with E-state index >= 15 is 0 Å². The number of ether oxygens (including phenoxy) is 1. The Kier molecular flexibility index (Phi) is 6.31. The number of halogens is 3. The average molecular weight is 409 g/mol. The molecule has 156 valence electrons. The monoisotopic (exact) mass is 409 g/mol. The fourth-order valence-electron chi connectivity index (χ4n) is 3.37. The number of tetrazole rings is 1. The maximum atomic E-state index is 13.1. The summed E-state index contributed by atoms with van der Waals surface area (Å²) in [7, 11) is 1.59. The fraction of sp³-hybridized carbons (Fsp3) is 0.474. The molecule has 10 heteroatoms. The zero-order valence-corrected chi connectivity index (χ0v) is 16.2. The Morgan fingerprint density at radius 1 is 1.38 bits per heavy atom. The van der Waals surface area contributed by atoms with Gasteiger partial charge in [-0.25, -0.2) is 0 Å². The second kappa shape index (κ2) is 8.73. The van der Waals surface area contributed by atoms with Crippen LogP contribution < -0.4 is 0 Å². The van der Waals surface area contributed by atoms with Gasteiger partial charge in [0.15, 0.2) is 5.82 Å². The van der Waals surface area contributed by atoms with Crippen molar-refractivity contribution in [2.75, 3.05) is 20.3 Å². The number of nitrogens with zero attached hydrogens (tertiary/aromatic N) is 5. The molecular weight excluding hydrogens is 387 g/mol. The van der Waals surface area contributed by atoms with Crippen LogP contribution >= 0.6 is 0 Å². The molecule has 0 spiro atoms. The minimum atomic E-state index is -4.47. The number of alkyl halides is 3. The Bertz CT molecular complexity index is 894. The SMILES string of the molecule is COC[C@@H]1CCCN1C(=O)C=Cc1ccc(C(F)(F)F)cc1Cn1nnc(C)n1. The van der Waals surface area contributed by atoms with Crippen LogP contribution in [0, 0.1) is 6.92 Å². The van der Waals surface area contributed by atoms with Gasteiger partial charge in [-0.15, -0.1) is 10.2 Å². The second-order valence-corrected chi connectivity index (χ2v) is 6.89. The molecule has 1 atom stereocenters. The molecule has 0 saturated carbocycles. The Hall–Kier alpha value is -2.75. The Morgan fingerprint density at radius 3 is 2.83 bits per heavy atom. The van der Waals surface area contributed by atoms with E-state index in [1.165, 1.54) is 23.0 Å². The highest BCUT2D eigenvalue weighted by atomic mass is 19.4. The molecule has 0 N–H and O–H groups in total. The Morgan fingerprint density at radius 2 is 2.17 bits per heavy atom. The van der Waals surface area contributed by atoms with Gasteiger partial charge in [-0.1, -0.05) is 6.07 Å². The molecule has 1 amide bonds. The van der Waals surface area contributed by atoms with E-state index in [1.807, 2.05) is 0 Å². The minimum absolute atomic E-state index is 0.00857. The Balaban J connectivity index is 1.85. The molecule has 0 radical (unpaired) electrons. The molecule has 2 aromatic rings. The second-order valence-electron chi connectivity index (χ2n) is 6.89. The van der Waals surface area contributed by atoms with Crippen LogP contribution in [0.25, 0.3) is 6.08 Å². The van der Waals surface area contributed by atoms with E-state index in [0.717, 1.165) is 25.0 Å². The molecule has 29 heavy (non-hydrogen) atoms. The van der Waals surface area contributed by atoms with Gasteiger partial charge in [0.2, 0.25) is 5.91 Å². The summed E-state index contributed by atoms with van der Waals surface area (Å²) in [5.41, 5.74) is 0.0624. The topological polar surface area (TPSA) is 73.1 Å². The van der Waals surface area contributed by atoms with E-state index in [4.69, 9.17) is 4.74 Å². The first-order chi connectivity index (χ1) is 13.8. The van der Waals surface area contributed by atoms with Gasteiger partial charge in [0.25, 0.3) is 0 Å². The molecule has 1 fully saturated rings. The standard InChI is InChI=1S/C19H22F3N5O2/c1-13-23-25-27(24-13)11-15-10-16(19(20,21)22)7-5-14(15)6-8-18(28)26-9-3-4-17(26)12-29-2/h5-8,10,17H,3-4,9,11-12H2,1-2H3/t17-/m0/s1. The number of carbonyl (C=O) groups excluding carboxylic acids is 1. The van der Waals surface area contributed by atoms with Crippen LogP contribution in [0.3, 0.4) is 0 Å². The van der Waals surface area contributed by atoms with Gasteiger partial charge in [0.1, 0.15) is 0 Å². The van der Waals surface area contributed by atoms with Crippen LogP contribution in [-0.2, 0) is 22.3 Å². The van der Waals surface area contributed by atoms with E-state index in [1.54, 1.807) is 18.9 Å². The van der Waals surface area contributed by atoms with Crippen LogP contribution in [0.1, 0.15) is 35.4 Å². The number of benzene rings is 1. The lowest BCUT2D eigenvalue weighted by Crippen LogP contribution is -2.36. The van der Waals surface area contributed by atoms with Crippen molar-refractivity contribution < 1.29 is 22.7 Å². The third-order valence-corrected chi connectivity index (χ3v) is 4.76. The summed E-state index contributed by atoms with van der Waals surface area (Å²) < 4.78 is 44.6. The molecule has 1 aromatic heterocycles. The number of aryl methyl sites for hydroxylation is 1. The number of amides is 1. The first-order valence-corrected chi connectivity index (χ1v) is 9.20. The number of aromatic nitrogens is 4. The maximum Gasteiger partial charge on any atom is 0.416 e. The van der Waals surface area contributed by atoms with E-state index in [0.29, 0.717) is 30.1 Å². The first kappa shape index (κ1) is 21.0. The van der Waals surface area contributed by atoms with Gasteiger partial charge < -0.3 is 9.64 Å². The van der Waals surface area contributed by atoms with Crippen molar-refractivity contribution in [1.29, 1.82) is 0 Å². The number of hydrogen-bond acceptors (Lipinski definition) is 5. The van der Waals surface area contributed by atoms with E-state index in [2.05, 4.69) is 15.4 Å².